The lowest BCUT2D eigenvalue weighted by molar-refractivity contribution is 0.586. The van der Waals surface area contributed by atoms with Gasteiger partial charge in [-0.15, -0.1) is 0 Å². The van der Waals surface area contributed by atoms with E-state index in [1.807, 2.05) is 0 Å². The zero-order chi connectivity index (χ0) is 49.8. The molecule has 9 aromatic rings. The van der Waals surface area contributed by atoms with Gasteiger partial charge in [-0.25, -0.2) is 0 Å². The summed E-state index contributed by atoms with van der Waals surface area (Å²) in [6.45, 7) is 27.7. The molecule has 2 aliphatic rings. The number of rotatable bonds is 6. The van der Waals surface area contributed by atoms with Crippen molar-refractivity contribution in [1.82, 2.24) is 4.40 Å². The molecule has 354 valence electrons. The van der Waals surface area contributed by atoms with E-state index in [1.165, 1.54) is 78.2 Å². The fraction of sp³-hybridized carbons (Fsp3) is 0.242. The molecule has 0 aliphatic carbocycles. The van der Waals surface area contributed by atoms with E-state index in [2.05, 4.69) is 290 Å². The SMILES string of the molecule is CC(C)(C)c1ccc(N(c2ccc3c(c2)N(c2ccccc2)c2cc(C(C)(C)C)cc4c2B3c2cc3ccc(C(C)(C)C)cn3c2N4c2ccccc2)c2ccc(C(C)(C)C)cc2-c2ccccc2)cc1. The summed E-state index contributed by atoms with van der Waals surface area (Å²) in [5.74, 6) is 1.20. The summed E-state index contributed by atoms with van der Waals surface area (Å²) >= 11 is 0. The van der Waals surface area contributed by atoms with Crippen LogP contribution in [0.3, 0.4) is 0 Å². The van der Waals surface area contributed by atoms with Gasteiger partial charge in [-0.3, -0.25) is 4.90 Å². The van der Waals surface area contributed by atoms with E-state index >= 15 is 0 Å². The lowest BCUT2D eigenvalue weighted by atomic mass is 9.34. The monoisotopic (exact) mass is 927 g/mol. The molecule has 71 heavy (non-hydrogen) atoms. The number of hydrogen-bond acceptors (Lipinski definition) is 3. The highest BCUT2D eigenvalue weighted by molar-refractivity contribution is 7.00. The van der Waals surface area contributed by atoms with Crippen molar-refractivity contribution in [3.63, 3.8) is 0 Å². The van der Waals surface area contributed by atoms with Crippen molar-refractivity contribution in [2.45, 2.75) is 105 Å². The molecule has 0 radical (unpaired) electrons. The zero-order valence-electron chi connectivity index (χ0n) is 43.8. The zero-order valence-corrected chi connectivity index (χ0v) is 43.8. The Kier molecular flexibility index (Phi) is 10.9. The van der Waals surface area contributed by atoms with Crippen molar-refractivity contribution in [2.75, 3.05) is 14.7 Å². The number of nitrogens with zero attached hydrogens (tertiary/aromatic N) is 4. The molecule has 7 aromatic carbocycles. The maximum atomic E-state index is 2.56. The number of benzene rings is 7. The van der Waals surface area contributed by atoms with Gasteiger partial charge in [0.05, 0.1) is 5.69 Å². The first-order valence-corrected chi connectivity index (χ1v) is 25.5. The predicted octanol–water partition coefficient (Wildman–Crippen LogP) is 16.3. The van der Waals surface area contributed by atoms with E-state index in [1.54, 1.807) is 0 Å². The number of fused-ring (bicyclic) bond motifs is 6. The Morgan fingerprint density at radius 1 is 0.394 bits per heavy atom. The van der Waals surface area contributed by atoms with Crippen LogP contribution in [0.5, 0.6) is 0 Å². The van der Waals surface area contributed by atoms with E-state index in [-0.39, 0.29) is 28.4 Å². The van der Waals surface area contributed by atoms with E-state index in [0.29, 0.717) is 0 Å². The van der Waals surface area contributed by atoms with Crippen LogP contribution in [0, 0.1) is 0 Å². The molecule has 0 atom stereocenters. The first kappa shape index (κ1) is 46.2. The number of para-hydroxylation sites is 2. The summed E-state index contributed by atoms with van der Waals surface area (Å²) in [7, 11) is 0. The van der Waals surface area contributed by atoms with Gasteiger partial charge in [0.2, 0.25) is 0 Å². The molecule has 0 N–H and O–H groups in total. The molecule has 0 saturated carbocycles. The lowest BCUT2D eigenvalue weighted by Gasteiger charge is -2.44. The first-order valence-electron chi connectivity index (χ1n) is 25.5. The Bertz CT molecular complexity index is 3450. The molecule has 4 nitrogen and oxygen atoms in total. The molecule has 0 fully saturated rings. The normalized spacial score (nSPS) is 13.5. The summed E-state index contributed by atoms with van der Waals surface area (Å²) in [5, 5.41) is 0. The minimum absolute atomic E-state index is 0.0141. The molecule has 0 bridgehead atoms. The van der Waals surface area contributed by atoms with Crippen molar-refractivity contribution < 1.29 is 0 Å². The Balaban J connectivity index is 1.23. The summed E-state index contributed by atoms with van der Waals surface area (Å²) in [5.41, 5.74) is 21.8. The lowest BCUT2D eigenvalue weighted by Crippen LogP contribution is -2.61. The minimum atomic E-state index is -0.141. The van der Waals surface area contributed by atoms with Gasteiger partial charge in [-0.05, 0) is 151 Å². The average Bonchev–Trinajstić information content (AvgIpc) is 3.72. The second-order valence-corrected chi connectivity index (χ2v) is 24.1. The highest BCUT2D eigenvalue weighted by Crippen LogP contribution is 2.49. The van der Waals surface area contributed by atoms with Crippen LogP contribution in [0.1, 0.15) is 105 Å². The van der Waals surface area contributed by atoms with Crippen LogP contribution < -0.4 is 31.1 Å². The molecule has 0 saturated heterocycles. The van der Waals surface area contributed by atoms with E-state index in [4.69, 9.17) is 0 Å². The van der Waals surface area contributed by atoms with E-state index < -0.39 is 0 Å². The number of anilines is 9. The third-order valence-electron chi connectivity index (χ3n) is 15.0. The summed E-state index contributed by atoms with van der Waals surface area (Å²) in [6.07, 6.45) is 2.39. The predicted molar refractivity (Wildman–Crippen MR) is 306 cm³/mol. The fourth-order valence-electron chi connectivity index (χ4n) is 10.9. The molecule has 11 rings (SSSR count). The Morgan fingerprint density at radius 2 is 0.915 bits per heavy atom. The van der Waals surface area contributed by atoms with Crippen LogP contribution in [-0.4, -0.2) is 11.1 Å². The number of aromatic nitrogens is 1. The van der Waals surface area contributed by atoms with Crippen LogP contribution in [0.4, 0.5) is 51.3 Å². The second kappa shape index (κ2) is 16.7. The van der Waals surface area contributed by atoms with Crippen LogP contribution in [0.15, 0.2) is 188 Å². The molecule has 2 aromatic heterocycles. The smallest absolute Gasteiger partial charge is 0.254 e. The molecular formula is C66H67BN4. The average molecular weight is 927 g/mol. The third kappa shape index (κ3) is 8.04. The fourth-order valence-corrected chi connectivity index (χ4v) is 10.9. The van der Waals surface area contributed by atoms with Gasteiger partial charge in [-0.2, -0.15) is 0 Å². The van der Waals surface area contributed by atoms with Gasteiger partial charge < -0.3 is 14.2 Å². The Hall–Kier alpha value is -7.24. The Morgan fingerprint density at radius 3 is 1.51 bits per heavy atom. The van der Waals surface area contributed by atoms with Crippen molar-refractivity contribution in [3.05, 3.63) is 210 Å². The Labute approximate surface area is 423 Å². The van der Waals surface area contributed by atoms with Gasteiger partial charge in [0.1, 0.15) is 5.82 Å². The maximum absolute atomic E-state index is 2.56. The van der Waals surface area contributed by atoms with Gasteiger partial charge in [-0.1, -0.05) is 180 Å². The molecule has 0 amide bonds. The van der Waals surface area contributed by atoms with Crippen LogP contribution in [-0.2, 0) is 21.7 Å². The van der Waals surface area contributed by atoms with Crippen LogP contribution in [0.2, 0.25) is 0 Å². The van der Waals surface area contributed by atoms with Crippen molar-refractivity contribution >= 4 is 79.9 Å². The molecule has 4 heterocycles. The van der Waals surface area contributed by atoms with E-state index in [9.17, 15) is 0 Å². The molecule has 0 unspecified atom stereocenters. The highest BCUT2D eigenvalue weighted by atomic mass is 15.2. The number of pyridine rings is 1. The van der Waals surface area contributed by atoms with Gasteiger partial charge in [0.15, 0.2) is 0 Å². The van der Waals surface area contributed by atoms with Gasteiger partial charge in [0, 0.05) is 57.1 Å². The van der Waals surface area contributed by atoms with Gasteiger partial charge >= 0.3 is 0 Å². The highest BCUT2D eigenvalue weighted by Gasteiger charge is 2.46. The second-order valence-electron chi connectivity index (χ2n) is 24.1. The van der Waals surface area contributed by atoms with Crippen molar-refractivity contribution in [3.8, 4) is 11.1 Å². The summed E-state index contributed by atoms with van der Waals surface area (Å²) in [4.78, 5) is 7.62. The van der Waals surface area contributed by atoms with Crippen LogP contribution >= 0.6 is 0 Å². The molecule has 5 heteroatoms. The largest absolute Gasteiger partial charge is 0.311 e. The molecule has 2 aliphatic heterocycles. The third-order valence-corrected chi connectivity index (χ3v) is 15.0. The molecular weight excluding hydrogens is 860 g/mol. The van der Waals surface area contributed by atoms with E-state index in [0.717, 1.165) is 28.4 Å². The first-order chi connectivity index (χ1) is 33.8. The van der Waals surface area contributed by atoms with Gasteiger partial charge in [0.25, 0.3) is 6.71 Å². The minimum Gasteiger partial charge on any atom is -0.311 e. The molecule has 0 spiro atoms. The maximum Gasteiger partial charge on any atom is 0.254 e. The van der Waals surface area contributed by atoms with Crippen LogP contribution in [0.25, 0.3) is 16.6 Å². The van der Waals surface area contributed by atoms with Crippen molar-refractivity contribution in [2.24, 2.45) is 0 Å². The number of hydrogen-bond donors (Lipinski definition) is 0. The summed E-state index contributed by atoms with van der Waals surface area (Å²) < 4.78 is 2.47. The quantitative estimate of drug-likeness (QED) is 0.154. The topological polar surface area (TPSA) is 14.1 Å². The summed E-state index contributed by atoms with van der Waals surface area (Å²) in [6, 6.07) is 68.8. The van der Waals surface area contributed by atoms with Crippen molar-refractivity contribution in [1.29, 1.82) is 0 Å². The standard InChI is InChI=1S/C66H67BN4/c1-63(2,3)45-28-32-51(33-29-45)69(57-37-31-46(64(4,5)6)38-54(57)44-22-16-13-17-23-44)53-35-36-55-58(42-53)70(49-24-18-14-19-25-49)59-39-48(66(10,11)12)40-60-61(59)67(55)56-41-52-34-30-47(65(7,8)9)43-68(52)62(56)71(60)50-26-20-15-21-27-50/h13-43H,1-12H3.